The van der Waals surface area contributed by atoms with E-state index in [9.17, 15) is 4.79 Å². The predicted molar refractivity (Wildman–Crippen MR) is 116 cm³/mol. The maximum absolute atomic E-state index is 12.0. The summed E-state index contributed by atoms with van der Waals surface area (Å²) < 4.78 is 3.54. The van der Waals surface area contributed by atoms with E-state index in [-0.39, 0.29) is 11.8 Å². The molecule has 0 unspecified atom stereocenters. The normalized spacial score (nSPS) is 13.7. The highest BCUT2D eigenvalue weighted by atomic mass is 16.2. The maximum Gasteiger partial charge on any atom is 0.228 e. The smallest absolute Gasteiger partial charge is 0.228 e. The molecule has 0 bridgehead atoms. The van der Waals surface area contributed by atoms with Gasteiger partial charge in [-0.2, -0.15) is 5.10 Å². The van der Waals surface area contributed by atoms with Crippen molar-refractivity contribution in [3.8, 4) is 11.1 Å². The van der Waals surface area contributed by atoms with Gasteiger partial charge in [-0.05, 0) is 48.2 Å². The second kappa shape index (κ2) is 7.02. The van der Waals surface area contributed by atoms with Gasteiger partial charge in [0.1, 0.15) is 5.52 Å². The van der Waals surface area contributed by atoms with Crippen molar-refractivity contribution in [2.75, 3.05) is 5.32 Å². The number of amides is 1. The Bertz CT molecular complexity index is 1420. The summed E-state index contributed by atoms with van der Waals surface area (Å²) in [6.07, 6.45) is 3.66. The standard InChI is InChI=1S/C23H19N7O/c31-23(16-6-7-16)25-21-14-30-22(24-21)11-9-18(27-30)13-29-20-12-17(8-10-19(20)26-28-29)15-4-2-1-3-5-15/h1-5,8-12,14,16H,6-7,13H2,(H,25,31). The number of anilines is 1. The van der Waals surface area contributed by atoms with Crippen LogP contribution in [0.1, 0.15) is 18.5 Å². The van der Waals surface area contributed by atoms with Gasteiger partial charge in [0.25, 0.3) is 0 Å². The molecule has 1 fully saturated rings. The molecule has 0 spiro atoms. The molecule has 0 atom stereocenters. The van der Waals surface area contributed by atoms with Crippen molar-refractivity contribution in [2.45, 2.75) is 19.4 Å². The van der Waals surface area contributed by atoms with Crippen molar-refractivity contribution < 1.29 is 4.79 Å². The summed E-state index contributed by atoms with van der Waals surface area (Å²) in [7, 11) is 0. The van der Waals surface area contributed by atoms with Crippen molar-refractivity contribution in [1.29, 1.82) is 0 Å². The number of hydrogen-bond acceptors (Lipinski definition) is 5. The first kappa shape index (κ1) is 17.8. The van der Waals surface area contributed by atoms with E-state index in [0.29, 0.717) is 18.0 Å². The Morgan fingerprint density at radius 2 is 1.90 bits per heavy atom. The number of aromatic nitrogens is 6. The summed E-state index contributed by atoms with van der Waals surface area (Å²) in [4.78, 5) is 16.4. The monoisotopic (exact) mass is 409 g/mol. The molecule has 0 aliphatic heterocycles. The van der Waals surface area contributed by atoms with Crippen LogP contribution >= 0.6 is 0 Å². The van der Waals surface area contributed by atoms with Crippen LogP contribution in [0.4, 0.5) is 5.82 Å². The van der Waals surface area contributed by atoms with Gasteiger partial charge in [0.2, 0.25) is 5.91 Å². The Morgan fingerprint density at radius 1 is 1.03 bits per heavy atom. The van der Waals surface area contributed by atoms with Crippen molar-refractivity contribution >= 4 is 28.4 Å². The lowest BCUT2D eigenvalue weighted by molar-refractivity contribution is -0.117. The fourth-order valence-electron chi connectivity index (χ4n) is 3.69. The fourth-order valence-corrected chi connectivity index (χ4v) is 3.69. The SMILES string of the molecule is O=C(Nc1cn2nc(Cn3nnc4ccc(-c5ccccc5)cc43)ccc2n1)C1CC1. The predicted octanol–water partition coefficient (Wildman–Crippen LogP) is 3.54. The molecular formula is C23H19N7O. The maximum atomic E-state index is 12.0. The number of rotatable bonds is 5. The van der Waals surface area contributed by atoms with Gasteiger partial charge in [-0.1, -0.05) is 41.6 Å². The summed E-state index contributed by atoms with van der Waals surface area (Å²) in [6, 6.07) is 20.2. The van der Waals surface area contributed by atoms with E-state index in [1.54, 1.807) is 10.7 Å². The van der Waals surface area contributed by atoms with Crippen molar-refractivity contribution in [3.05, 3.63) is 72.6 Å². The Balaban J connectivity index is 1.29. The molecule has 1 saturated carbocycles. The van der Waals surface area contributed by atoms with Gasteiger partial charge >= 0.3 is 0 Å². The van der Waals surface area contributed by atoms with Gasteiger partial charge < -0.3 is 5.32 Å². The molecule has 0 radical (unpaired) electrons. The van der Waals surface area contributed by atoms with Crippen LogP contribution < -0.4 is 5.32 Å². The van der Waals surface area contributed by atoms with E-state index in [0.717, 1.165) is 40.7 Å². The van der Waals surface area contributed by atoms with Crippen LogP contribution in [-0.4, -0.2) is 35.5 Å². The summed E-state index contributed by atoms with van der Waals surface area (Å²) in [6.45, 7) is 0.479. The zero-order valence-corrected chi connectivity index (χ0v) is 16.6. The van der Waals surface area contributed by atoms with Gasteiger partial charge in [-0.3, -0.25) is 4.79 Å². The van der Waals surface area contributed by atoms with E-state index in [4.69, 9.17) is 0 Å². The van der Waals surface area contributed by atoms with Crippen molar-refractivity contribution in [1.82, 2.24) is 29.6 Å². The molecule has 5 aromatic rings. The van der Waals surface area contributed by atoms with Gasteiger partial charge in [0.05, 0.1) is 24.0 Å². The van der Waals surface area contributed by atoms with Crippen LogP contribution in [0.15, 0.2) is 66.9 Å². The topological polar surface area (TPSA) is 90.0 Å². The van der Waals surface area contributed by atoms with E-state index in [1.165, 1.54) is 0 Å². The third-order valence-electron chi connectivity index (χ3n) is 5.51. The largest absolute Gasteiger partial charge is 0.309 e. The lowest BCUT2D eigenvalue weighted by atomic mass is 10.1. The number of carbonyl (C=O) groups is 1. The van der Waals surface area contributed by atoms with Crippen LogP contribution in [0, 0.1) is 5.92 Å². The van der Waals surface area contributed by atoms with Gasteiger partial charge in [-0.25, -0.2) is 14.2 Å². The van der Waals surface area contributed by atoms with Crippen molar-refractivity contribution in [3.63, 3.8) is 0 Å². The Hall–Kier alpha value is -4.07. The minimum absolute atomic E-state index is 0.0342. The molecular weight excluding hydrogens is 390 g/mol. The van der Waals surface area contributed by atoms with E-state index < -0.39 is 0 Å². The van der Waals surface area contributed by atoms with Crippen molar-refractivity contribution in [2.24, 2.45) is 5.92 Å². The van der Waals surface area contributed by atoms with Crippen LogP contribution in [0.2, 0.25) is 0 Å². The molecule has 1 amide bonds. The lowest BCUT2D eigenvalue weighted by Gasteiger charge is -2.05. The molecule has 1 aliphatic carbocycles. The van der Waals surface area contributed by atoms with Crippen LogP contribution in [0.25, 0.3) is 27.8 Å². The highest BCUT2D eigenvalue weighted by molar-refractivity contribution is 5.93. The van der Waals surface area contributed by atoms with Gasteiger partial charge in [0, 0.05) is 5.92 Å². The number of benzene rings is 2. The first-order chi connectivity index (χ1) is 15.2. The molecule has 1 aliphatic rings. The summed E-state index contributed by atoms with van der Waals surface area (Å²) in [5, 5.41) is 16.1. The Labute approximate surface area is 177 Å². The highest BCUT2D eigenvalue weighted by Gasteiger charge is 2.30. The quantitative estimate of drug-likeness (QED) is 0.480. The average Bonchev–Trinajstić information content (AvgIpc) is 3.47. The number of nitrogens with zero attached hydrogens (tertiary/aromatic N) is 6. The van der Waals surface area contributed by atoms with Gasteiger partial charge in [-0.15, -0.1) is 5.10 Å². The number of carbonyl (C=O) groups excluding carboxylic acids is 1. The highest BCUT2D eigenvalue weighted by Crippen LogP contribution is 2.30. The lowest BCUT2D eigenvalue weighted by Crippen LogP contribution is -2.13. The summed E-state index contributed by atoms with van der Waals surface area (Å²) >= 11 is 0. The Kier molecular flexibility index (Phi) is 4.02. The van der Waals surface area contributed by atoms with Gasteiger partial charge in [0.15, 0.2) is 11.5 Å². The van der Waals surface area contributed by atoms with Crippen LogP contribution in [0.3, 0.4) is 0 Å². The van der Waals surface area contributed by atoms with E-state index >= 15 is 0 Å². The van der Waals surface area contributed by atoms with Crippen LogP contribution in [-0.2, 0) is 11.3 Å². The molecule has 1 N–H and O–H groups in total. The third kappa shape index (κ3) is 3.42. The number of hydrogen-bond donors (Lipinski definition) is 1. The zero-order chi connectivity index (χ0) is 20.8. The molecule has 152 valence electrons. The number of fused-ring (bicyclic) bond motifs is 2. The fraction of sp³-hybridized carbons (Fsp3) is 0.174. The minimum atomic E-state index is 0.0342. The Morgan fingerprint density at radius 3 is 2.74 bits per heavy atom. The van der Waals surface area contributed by atoms with E-state index in [1.807, 2.05) is 41.1 Å². The van der Waals surface area contributed by atoms with E-state index in [2.05, 4.69) is 50.0 Å². The molecule has 2 aromatic carbocycles. The molecule has 3 heterocycles. The molecule has 6 rings (SSSR count). The molecule has 8 nitrogen and oxygen atoms in total. The molecule has 0 saturated heterocycles. The first-order valence-corrected chi connectivity index (χ1v) is 10.3. The molecule has 31 heavy (non-hydrogen) atoms. The first-order valence-electron chi connectivity index (χ1n) is 10.3. The van der Waals surface area contributed by atoms with Crippen LogP contribution in [0.5, 0.6) is 0 Å². The summed E-state index contributed by atoms with van der Waals surface area (Å²) in [5.41, 5.74) is 5.56. The average molecular weight is 409 g/mol. The number of imidazole rings is 1. The summed E-state index contributed by atoms with van der Waals surface area (Å²) in [5.74, 6) is 0.696. The molecule has 8 heteroatoms. The number of nitrogens with one attached hydrogen (secondary N) is 1. The zero-order valence-electron chi connectivity index (χ0n) is 16.6. The third-order valence-corrected chi connectivity index (χ3v) is 5.51. The minimum Gasteiger partial charge on any atom is -0.309 e. The molecule has 3 aromatic heterocycles. The second-order valence-corrected chi connectivity index (χ2v) is 7.83. The second-order valence-electron chi connectivity index (χ2n) is 7.83.